The Morgan fingerprint density at radius 3 is 3.00 bits per heavy atom. The number of hydrogen-bond acceptors (Lipinski definition) is 2. The highest BCUT2D eigenvalue weighted by Crippen LogP contribution is 2.18. The molecule has 1 saturated heterocycles. The Bertz CT molecular complexity index is 184. The number of amides is 2. The van der Waals surface area contributed by atoms with Crippen LogP contribution in [0.5, 0.6) is 0 Å². The molecular weight excluding hydrogens is 178 g/mol. The third-order valence-corrected chi connectivity index (χ3v) is 2.90. The maximum absolute atomic E-state index is 10.4. The van der Waals surface area contributed by atoms with Gasteiger partial charge in [-0.1, -0.05) is 13.3 Å². The second-order valence-electron chi connectivity index (χ2n) is 4.01. The molecule has 1 fully saturated rings. The van der Waals surface area contributed by atoms with Crippen molar-refractivity contribution in [2.45, 2.75) is 26.2 Å². The molecule has 0 aromatic rings. The van der Waals surface area contributed by atoms with Crippen LogP contribution in [0.4, 0.5) is 4.79 Å². The van der Waals surface area contributed by atoms with Crippen LogP contribution in [0.1, 0.15) is 26.2 Å². The number of nitrogens with two attached hydrogens (primary N) is 1. The SMILES string of the molecule is CCC1CCN(CCCNC(N)=O)C1. The van der Waals surface area contributed by atoms with E-state index in [1.165, 1.54) is 25.9 Å². The van der Waals surface area contributed by atoms with Gasteiger partial charge in [-0.2, -0.15) is 0 Å². The number of carbonyl (C=O) groups excluding carboxylic acids is 1. The number of rotatable bonds is 5. The third-order valence-electron chi connectivity index (χ3n) is 2.90. The summed E-state index contributed by atoms with van der Waals surface area (Å²) in [5.74, 6) is 0.888. The van der Waals surface area contributed by atoms with Crippen molar-refractivity contribution >= 4 is 6.03 Å². The van der Waals surface area contributed by atoms with E-state index in [4.69, 9.17) is 5.73 Å². The van der Waals surface area contributed by atoms with Crippen molar-refractivity contribution in [1.82, 2.24) is 10.2 Å². The molecule has 1 heterocycles. The molecule has 82 valence electrons. The Hall–Kier alpha value is -0.770. The van der Waals surface area contributed by atoms with Crippen LogP contribution in [0.3, 0.4) is 0 Å². The van der Waals surface area contributed by atoms with E-state index >= 15 is 0 Å². The minimum absolute atomic E-state index is 0.419. The number of carbonyl (C=O) groups is 1. The highest BCUT2D eigenvalue weighted by atomic mass is 16.2. The number of hydrogen-bond donors (Lipinski definition) is 2. The van der Waals surface area contributed by atoms with Gasteiger partial charge >= 0.3 is 6.03 Å². The second kappa shape index (κ2) is 5.86. The molecule has 0 aromatic carbocycles. The van der Waals surface area contributed by atoms with Gasteiger partial charge in [0, 0.05) is 13.1 Å². The normalized spacial score (nSPS) is 22.5. The van der Waals surface area contributed by atoms with Gasteiger partial charge in [-0.15, -0.1) is 0 Å². The van der Waals surface area contributed by atoms with Crippen LogP contribution in [0.2, 0.25) is 0 Å². The van der Waals surface area contributed by atoms with E-state index < -0.39 is 6.03 Å². The van der Waals surface area contributed by atoms with Crippen LogP contribution in [0, 0.1) is 5.92 Å². The zero-order valence-electron chi connectivity index (χ0n) is 8.96. The summed E-state index contributed by atoms with van der Waals surface area (Å²) in [4.78, 5) is 12.9. The maximum Gasteiger partial charge on any atom is 0.312 e. The van der Waals surface area contributed by atoms with E-state index in [-0.39, 0.29) is 0 Å². The van der Waals surface area contributed by atoms with Crippen LogP contribution in [-0.2, 0) is 0 Å². The van der Waals surface area contributed by atoms with Gasteiger partial charge in [0.05, 0.1) is 0 Å². The minimum Gasteiger partial charge on any atom is -0.352 e. The Labute approximate surface area is 85.8 Å². The third kappa shape index (κ3) is 3.96. The van der Waals surface area contributed by atoms with Gasteiger partial charge < -0.3 is 16.0 Å². The fourth-order valence-electron chi connectivity index (χ4n) is 1.96. The number of urea groups is 1. The van der Waals surface area contributed by atoms with Crippen LogP contribution in [0.15, 0.2) is 0 Å². The Morgan fingerprint density at radius 2 is 2.43 bits per heavy atom. The fourth-order valence-corrected chi connectivity index (χ4v) is 1.96. The second-order valence-corrected chi connectivity index (χ2v) is 4.01. The first-order valence-corrected chi connectivity index (χ1v) is 5.48. The molecule has 14 heavy (non-hydrogen) atoms. The fraction of sp³-hybridized carbons (Fsp3) is 0.900. The van der Waals surface area contributed by atoms with Crippen molar-refractivity contribution in [2.75, 3.05) is 26.2 Å². The summed E-state index contributed by atoms with van der Waals surface area (Å²) in [6.07, 6.45) is 3.62. The average molecular weight is 199 g/mol. The molecule has 1 atom stereocenters. The highest BCUT2D eigenvalue weighted by molar-refractivity contribution is 5.71. The number of likely N-dealkylation sites (tertiary alicyclic amines) is 1. The molecule has 1 unspecified atom stereocenters. The lowest BCUT2D eigenvalue weighted by Crippen LogP contribution is -2.32. The molecule has 0 bridgehead atoms. The summed E-state index contributed by atoms with van der Waals surface area (Å²) in [6.45, 7) is 6.48. The summed E-state index contributed by atoms with van der Waals surface area (Å²) in [6, 6.07) is -0.419. The van der Waals surface area contributed by atoms with Crippen molar-refractivity contribution in [3.05, 3.63) is 0 Å². The van der Waals surface area contributed by atoms with E-state index in [2.05, 4.69) is 17.1 Å². The molecule has 2 amide bonds. The largest absolute Gasteiger partial charge is 0.352 e. The molecule has 1 aliphatic heterocycles. The molecule has 4 heteroatoms. The van der Waals surface area contributed by atoms with Crippen LogP contribution >= 0.6 is 0 Å². The van der Waals surface area contributed by atoms with E-state index in [0.717, 1.165) is 18.9 Å². The summed E-state index contributed by atoms with van der Waals surface area (Å²) in [5.41, 5.74) is 4.97. The monoisotopic (exact) mass is 199 g/mol. The Balaban J connectivity index is 2.00. The lowest BCUT2D eigenvalue weighted by atomic mass is 10.1. The quantitative estimate of drug-likeness (QED) is 0.643. The molecule has 0 aromatic heterocycles. The molecule has 3 N–H and O–H groups in total. The van der Waals surface area contributed by atoms with Crippen molar-refractivity contribution in [2.24, 2.45) is 11.7 Å². The number of nitrogens with zero attached hydrogens (tertiary/aromatic N) is 1. The predicted molar refractivity (Wildman–Crippen MR) is 57.0 cm³/mol. The van der Waals surface area contributed by atoms with Gasteiger partial charge in [-0.05, 0) is 31.8 Å². The molecule has 1 aliphatic rings. The molecule has 0 saturated carbocycles. The zero-order valence-corrected chi connectivity index (χ0v) is 8.96. The number of nitrogens with one attached hydrogen (secondary N) is 1. The lowest BCUT2D eigenvalue weighted by molar-refractivity contribution is 0.247. The molecule has 0 radical (unpaired) electrons. The van der Waals surface area contributed by atoms with Crippen molar-refractivity contribution in [1.29, 1.82) is 0 Å². The van der Waals surface area contributed by atoms with E-state index in [0.29, 0.717) is 6.54 Å². The smallest absolute Gasteiger partial charge is 0.312 e. The number of primary amides is 1. The summed E-state index contributed by atoms with van der Waals surface area (Å²) in [5, 5.41) is 2.61. The topological polar surface area (TPSA) is 58.4 Å². The average Bonchev–Trinajstić information content (AvgIpc) is 2.60. The van der Waals surface area contributed by atoms with Gasteiger partial charge in [0.25, 0.3) is 0 Å². The Morgan fingerprint density at radius 1 is 1.64 bits per heavy atom. The van der Waals surface area contributed by atoms with Gasteiger partial charge in [-0.25, -0.2) is 4.79 Å². The summed E-state index contributed by atoms with van der Waals surface area (Å²) in [7, 11) is 0. The van der Waals surface area contributed by atoms with Crippen molar-refractivity contribution in [3.8, 4) is 0 Å². The lowest BCUT2D eigenvalue weighted by Gasteiger charge is -2.15. The standard InChI is InChI=1S/C10H21N3O/c1-2-9-4-7-13(8-9)6-3-5-12-10(11)14/h9H,2-8H2,1H3,(H3,11,12,14). The van der Waals surface area contributed by atoms with Crippen molar-refractivity contribution in [3.63, 3.8) is 0 Å². The van der Waals surface area contributed by atoms with E-state index in [9.17, 15) is 4.79 Å². The van der Waals surface area contributed by atoms with Crippen molar-refractivity contribution < 1.29 is 4.79 Å². The first kappa shape index (κ1) is 11.3. The first-order valence-electron chi connectivity index (χ1n) is 5.48. The van der Waals surface area contributed by atoms with Gasteiger partial charge in [0.2, 0.25) is 0 Å². The molecule has 0 spiro atoms. The maximum atomic E-state index is 10.4. The zero-order chi connectivity index (χ0) is 10.4. The van der Waals surface area contributed by atoms with Crippen LogP contribution < -0.4 is 11.1 Å². The van der Waals surface area contributed by atoms with Crippen LogP contribution in [0.25, 0.3) is 0 Å². The highest BCUT2D eigenvalue weighted by Gasteiger charge is 2.19. The molecule has 1 rings (SSSR count). The van der Waals surface area contributed by atoms with E-state index in [1.807, 2.05) is 0 Å². The minimum atomic E-state index is -0.419. The summed E-state index contributed by atoms with van der Waals surface area (Å²) >= 11 is 0. The predicted octanol–water partition coefficient (Wildman–Crippen LogP) is 0.777. The molecular formula is C10H21N3O. The molecule has 4 nitrogen and oxygen atoms in total. The Kier molecular flexibility index (Phi) is 4.73. The van der Waals surface area contributed by atoms with Gasteiger partial charge in [0.15, 0.2) is 0 Å². The van der Waals surface area contributed by atoms with E-state index in [1.54, 1.807) is 0 Å². The summed E-state index contributed by atoms with van der Waals surface area (Å²) < 4.78 is 0. The first-order chi connectivity index (χ1) is 6.72. The van der Waals surface area contributed by atoms with Crippen LogP contribution in [-0.4, -0.2) is 37.1 Å². The van der Waals surface area contributed by atoms with Gasteiger partial charge in [0.1, 0.15) is 0 Å². The molecule has 0 aliphatic carbocycles. The van der Waals surface area contributed by atoms with Gasteiger partial charge in [-0.3, -0.25) is 0 Å².